The molecule has 5 N–H and O–H groups in total. The van der Waals surface area contributed by atoms with Gasteiger partial charge in [-0.25, -0.2) is 0 Å². The van der Waals surface area contributed by atoms with Crippen molar-refractivity contribution >= 4 is 11.6 Å². The lowest BCUT2D eigenvalue weighted by atomic mass is 9.94. The van der Waals surface area contributed by atoms with E-state index in [1.165, 1.54) is 0 Å². The highest BCUT2D eigenvalue weighted by Crippen LogP contribution is 2.37. The molecule has 4 nitrogen and oxygen atoms in total. The normalized spacial score (nSPS) is 14.3. The van der Waals surface area contributed by atoms with E-state index in [-0.39, 0.29) is 0 Å². The standard InChI is InChI=1S/C14H23ClN2O2/c1-4-19-11-7-8(2)13(15)9(3)12(11)14(18)10(17)5-6-16/h7,10,14,18H,4-6,16-17H2,1-3H3. The third-order valence-electron chi connectivity index (χ3n) is 3.19. The Kier molecular flexibility index (Phi) is 6.07. The average Bonchev–Trinajstić information content (AvgIpc) is 2.36. The topological polar surface area (TPSA) is 81.5 Å². The molecule has 19 heavy (non-hydrogen) atoms. The molecule has 0 radical (unpaired) electrons. The summed E-state index contributed by atoms with van der Waals surface area (Å²) in [6.07, 6.45) is -0.291. The van der Waals surface area contributed by atoms with Crippen LogP contribution in [0.1, 0.15) is 36.1 Å². The molecule has 2 unspecified atom stereocenters. The summed E-state index contributed by atoms with van der Waals surface area (Å²) in [5.41, 5.74) is 13.8. The lowest BCUT2D eigenvalue weighted by molar-refractivity contribution is 0.138. The van der Waals surface area contributed by atoms with E-state index in [4.69, 9.17) is 27.8 Å². The molecule has 0 saturated heterocycles. The molecule has 0 amide bonds. The second-order valence-corrected chi connectivity index (χ2v) is 5.04. The highest BCUT2D eigenvalue weighted by atomic mass is 35.5. The van der Waals surface area contributed by atoms with Crippen LogP contribution in [-0.4, -0.2) is 24.3 Å². The predicted molar refractivity (Wildman–Crippen MR) is 78.7 cm³/mol. The van der Waals surface area contributed by atoms with Crippen molar-refractivity contribution in [2.75, 3.05) is 13.2 Å². The molecule has 0 saturated carbocycles. The van der Waals surface area contributed by atoms with E-state index < -0.39 is 12.1 Å². The number of hydrogen-bond acceptors (Lipinski definition) is 4. The lowest BCUT2D eigenvalue weighted by Gasteiger charge is -2.24. The maximum absolute atomic E-state index is 10.4. The zero-order valence-electron chi connectivity index (χ0n) is 11.7. The predicted octanol–water partition coefficient (Wildman–Crippen LogP) is 2.07. The van der Waals surface area contributed by atoms with Gasteiger partial charge in [0.05, 0.1) is 12.7 Å². The maximum Gasteiger partial charge on any atom is 0.125 e. The molecule has 0 heterocycles. The molecule has 0 fully saturated rings. The van der Waals surface area contributed by atoms with Gasteiger partial charge in [0.25, 0.3) is 0 Å². The Hall–Kier alpha value is -0.810. The fourth-order valence-electron chi connectivity index (χ4n) is 2.14. The van der Waals surface area contributed by atoms with Crippen molar-refractivity contribution in [3.8, 4) is 5.75 Å². The number of rotatable bonds is 6. The van der Waals surface area contributed by atoms with Crippen LogP contribution in [0.2, 0.25) is 5.02 Å². The Bertz CT molecular complexity index is 438. The molecule has 108 valence electrons. The Morgan fingerprint density at radius 1 is 1.42 bits per heavy atom. The molecule has 1 rings (SSSR count). The lowest BCUT2D eigenvalue weighted by Crippen LogP contribution is -2.31. The highest BCUT2D eigenvalue weighted by molar-refractivity contribution is 6.32. The van der Waals surface area contributed by atoms with Crippen LogP contribution >= 0.6 is 11.6 Å². The number of aryl methyl sites for hydroxylation is 1. The van der Waals surface area contributed by atoms with Crippen molar-refractivity contribution < 1.29 is 9.84 Å². The Labute approximate surface area is 119 Å². The molecule has 0 bridgehead atoms. The number of aliphatic hydroxyl groups excluding tert-OH is 1. The molecule has 2 atom stereocenters. The van der Waals surface area contributed by atoms with E-state index in [9.17, 15) is 5.11 Å². The largest absolute Gasteiger partial charge is 0.493 e. The first-order valence-corrected chi connectivity index (χ1v) is 6.87. The first kappa shape index (κ1) is 16.2. The van der Waals surface area contributed by atoms with Gasteiger partial charge in [0, 0.05) is 16.6 Å². The summed E-state index contributed by atoms with van der Waals surface area (Å²) in [5, 5.41) is 11.0. The summed E-state index contributed by atoms with van der Waals surface area (Å²) in [6, 6.07) is 1.41. The first-order chi connectivity index (χ1) is 8.93. The van der Waals surface area contributed by atoms with Gasteiger partial charge in [-0.05, 0) is 50.9 Å². The van der Waals surface area contributed by atoms with Gasteiger partial charge in [-0.3, -0.25) is 0 Å². The second-order valence-electron chi connectivity index (χ2n) is 4.66. The van der Waals surface area contributed by atoms with Crippen molar-refractivity contribution in [2.24, 2.45) is 11.5 Å². The van der Waals surface area contributed by atoms with Gasteiger partial charge in [-0.1, -0.05) is 11.6 Å². The van der Waals surface area contributed by atoms with E-state index in [1.807, 2.05) is 26.8 Å². The summed E-state index contributed by atoms with van der Waals surface area (Å²) in [6.45, 7) is 6.63. The van der Waals surface area contributed by atoms with Crippen molar-refractivity contribution in [1.82, 2.24) is 0 Å². The van der Waals surface area contributed by atoms with Crippen LogP contribution in [-0.2, 0) is 0 Å². The van der Waals surface area contributed by atoms with E-state index in [0.29, 0.717) is 35.9 Å². The number of hydrogen-bond donors (Lipinski definition) is 3. The molecule has 1 aromatic carbocycles. The van der Waals surface area contributed by atoms with Gasteiger partial charge in [-0.2, -0.15) is 0 Å². The number of nitrogens with two attached hydrogens (primary N) is 2. The molecule has 5 heteroatoms. The van der Waals surface area contributed by atoms with Crippen molar-refractivity contribution in [1.29, 1.82) is 0 Å². The second kappa shape index (κ2) is 7.10. The van der Waals surface area contributed by atoms with Gasteiger partial charge in [-0.15, -0.1) is 0 Å². The van der Waals surface area contributed by atoms with E-state index in [1.54, 1.807) is 0 Å². The van der Waals surface area contributed by atoms with E-state index in [2.05, 4.69) is 0 Å². The van der Waals surface area contributed by atoms with Crippen LogP contribution in [0.3, 0.4) is 0 Å². The highest BCUT2D eigenvalue weighted by Gasteiger charge is 2.24. The SMILES string of the molecule is CCOc1cc(C)c(Cl)c(C)c1C(O)C(N)CCN. The van der Waals surface area contributed by atoms with Gasteiger partial charge in [0.2, 0.25) is 0 Å². The van der Waals surface area contributed by atoms with Crippen LogP contribution in [0.4, 0.5) is 0 Å². The minimum absolute atomic E-state index is 0.429. The number of benzene rings is 1. The van der Waals surface area contributed by atoms with Crippen LogP contribution in [0.15, 0.2) is 6.07 Å². The Balaban J connectivity index is 3.26. The van der Waals surface area contributed by atoms with Crippen LogP contribution in [0, 0.1) is 13.8 Å². The number of halogens is 1. The number of aliphatic hydroxyl groups is 1. The van der Waals surface area contributed by atoms with Crippen LogP contribution in [0.25, 0.3) is 0 Å². The van der Waals surface area contributed by atoms with E-state index in [0.717, 1.165) is 11.1 Å². The van der Waals surface area contributed by atoms with Crippen molar-refractivity contribution in [3.05, 3.63) is 27.8 Å². The molecule has 0 aliphatic rings. The van der Waals surface area contributed by atoms with Gasteiger partial charge in [0.1, 0.15) is 5.75 Å². The maximum atomic E-state index is 10.4. The smallest absolute Gasteiger partial charge is 0.125 e. The summed E-state index contributed by atoms with van der Waals surface area (Å²) in [7, 11) is 0. The third-order valence-corrected chi connectivity index (χ3v) is 3.78. The van der Waals surface area contributed by atoms with Gasteiger partial charge >= 0.3 is 0 Å². The third kappa shape index (κ3) is 3.60. The Morgan fingerprint density at radius 3 is 2.58 bits per heavy atom. The monoisotopic (exact) mass is 286 g/mol. The Morgan fingerprint density at radius 2 is 2.05 bits per heavy atom. The summed E-state index contributed by atoms with van der Waals surface area (Å²) in [4.78, 5) is 0. The first-order valence-electron chi connectivity index (χ1n) is 6.50. The minimum Gasteiger partial charge on any atom is -0.493 e. The number of ether oxygens (including phenoxy) is 1. The molecular formula is C14H23ClN2O2. The molecule has 1 aromatic rings. The van der Waals surface area contributed by atoms with Crippen molar-refractivity contribution in [2.45, 2.75) is 39.3 Å². The molecule has 0 aliphatic heterocycles. The fourth-order valence-corrected chi connectivity index (χ4v) is 2.30. The zero-order valence-corrected chi connectivity index (χ0v) is 12.5. The van der Waals surface area contributed by atoms with Crippen molar-refractivity contribution in [3.63, 3.8) is 0 Å². The fraction of sp³-hybridized carbons (Fsp3) is 0.571. The molecule has 0 aromatic heterocycles. The van der Waals surface area contributed by atoms with Gasteiger partial charge < -0.3 is 21.3 Å². The van der Waals surface area contributed by atoms with Gasteiger partial charge in [0.15, 0.2) is 0 Å². The molecule has 0 spiro atoms. The molecular weight excluding hydrogens is 264 g/mol. The average molecular weight is 287 g/mol. The molecule has 0 aliphatic carbocycles. The van der Waals surface area contributed by atoms with E-state index >= 15 is 0 Å². The summed E-state index contributed by atoms with van der Waals surface area (Å²) in [5.74, 6) is 0.641. The quantitative estimate of drug-likeness (QED) is 0.748. The van der Waals surface area contributed by atoms with Crippen LogP contribution in [0.5, 0.6) is 5.75 Å². The zero-order chi connectivity index (χ0) is 14.6. The minimum atomic E-state index is -0.830. The van der Waals surface area contributed by atoms with Crippen LogP contribution < -0.4 is 16.2 Å². The summed E-state index contributed by atoms with van der Waals surface area (Å²) >= 11 is 6.25. The summed E-state index contributed by atoms with van der Waals surface area (Å²) < 4.78 is 5.60.